The van der Waals surface area contributed by atoms with Crippen molar-refractivity contribution in [1.29, 1.82) is 0 Å². The first-order valence-electron chi connectivity index (χ1n) is 6.08. The normalized spacial score (nSPS) is 13.1. The van der Waals surface area contributed by atoms with Gasteiger partial charge in [-0.2, -0.15) is 0 Å². The summed E-state index contributed by atoms with van der Waals surface area (Å²) in [5.41, 5.74) is 1.49. The van der Waals surface area contributed by atoms with Crippen molar-refractivity contribution in [2.45, 2.75) is 45.4 Å². The minimum atomic E-state index is 0.714. The Balaban J connectivity index is 2.57. The molecule has 0 spiro atoms. The van der Waals surface area contributed by atoms with E-state index in [-0.39, 0.29) is 0 Å². The minimum absolute atomic E-state index is 0.714. The average molecular weight is 203 g/mol. The van der Waals surface area contributed by atoms with Crippen molar-refractivity contribution < 1.29 is 0 Å². The van der Waals surface area contributed by atoms with Crippen molar-refractivity contribution in [2.75, 3.05) is 0 Å². The highest BCUT2D eigenvalue weighted by atomic mass is 14.2. The lowest BCUT2D eigenvalue weighted by Gasteiger charge is -2.17. The summed E-state index contributed by atoms with van der Waals surface area (Å²) < 4.78 is 0. The number of hydrogen-bond donors (Lipinski definition) is 0. The van der Waals surface area contributed by atoms with Gasteiger partial charge in [0, 0.05) is 0 Å². The summed E-state index contributed by atoms with van der Waals surface area (Å²) in [6.07, 6.45) is 4.88. The molecule has 1 rings (SSSR count). The quantitative estimate of drug-likeness (QED) is 0.621. The molecule has 1 unspecified atom stereocenters. The molecule has 0 heteroatoms. The van der Waals surface area contributed by atoms with Gasteiger partial charge in [0.05, 0.1) is 0 Å². The molecule has 0 aliphatic carbocycles. The van der Waals surface area contributed by atoms with Crippen molar-refractivity contribution in [2.24, 2.45) is 5.92 Å². The van der Waals surface area contributed by atoms with E-state index in [1.807, 2.05) is 0 Å². The van der Waals surface area contributed by atoms with Crippen LogP contribution in [0.15, 0.2) is 30.3 Å². The minimum Gasteiger partial charge on any atom is -0.0628 e. The third-order valence-electron chi connectivity index (χ3n) is 2.92. The van der Waals surface area contributed by atoms with Gasteiger partial charge in [-0.05, 0) is 30.2 Å². The molecular weight excluding hydrogens is 180 g/mol. The van der Waals surface area contributed by atoms with Gasteiger partial charge in [0.15, 0.2) is 0 Å². The van der Waals surface area contributed by atoms with Crippen LogP contribution in [0, 0.1) is 12.8 Å². The van der Waals surface area contributed by atoms with Crippen LogP contribution in [0.25, 0.3) is 0 Å². The van der Waals surface area contributed by atoms with Gasteiger partial charge in [-0.25, -0.2) is 0 Å². The molecular formula is C15H23. The van der Waals surface area contributed by atoms with Gasteiger partial charge in [0.2, 0.25) is 0 Å². The SMILES string of the molecule is [CH2]CCC(CCC(C)C)c1ccccc1. The van der Waals surface area contributed by atoms with Crippen LogP contribution in [-0.2, 0) is 0 Å². The summed E-state index contributed by atoms with van der Waals surface area (Å²) in [6.45, 7) is 8.57. The van der Waals surface area contributed by atoms with Gasteiger partial charge in [-0.3, -0.25) is 0 Å². The molecule has 0 aliphatic rings. The standard InChI is InChI=1S/C15H23/c1-4-8-14(12-11-13(2)3)15-9-6-5-7-10-15/h5-7,9-10,13-14H,1,4,8,11-12H2,2-3H3. The first-order valence-corrected chi connectivity index (χ1v) is 6.08. The molecule has 0 saturated heterocycles. The van der Waals surface area contributed by atoms with E-state index in [0.717, 1.165) is 12.3 Å². The first-order chi connectivity index (χ1) is 7.24. The van der Waals surface area contributed by atoms with Gasteiger partial charge in [-0.1, -0.05) is 63.9 Å². The van der Waals surface area contributed by atoms with Crippen molar-refractivity contribution in [3.05, 3.63) is 42.8 Å². The zero-order chi connectivity index (χ0) is 11.1. The van der Waals surface area contributed by atoms with Gasteiger partial charge in [0.1, 0.15) is 0 Å². The molecule has 0 N–H and O–H groups in total. The molecule has 0 nitrogen and oxygen atoms in total. The monoisotopic (exact) mass is 203 g/mol. The third-order valence-corrected chi connectivity index (χ3v) is 2.92. The van der Waals surface area contributed by atoms with Crippen molar-refractivity contribution in [1.82, 2.24) is 0 Å². The lowest BCUT2D eigenvalue weighted by atomic mass is 9.88. The maximum Gasteiger partial charge on any atom is -0.0162 e. The number of hydrogen-bond acceptors (Lipinski definition) is 0. The molecule has 1 radical (unpaired) electrons. The van der Waals surface area contributed by atoms with Gasteiger partial charge >= 0.3 is 0 Å². The Labute approximate surface area is 94.7 Å². The van der Waals surface area contributed by atoms with E-state index >= 15 is 0 Å². The fourth-order valence-corrected chi connectivity index (χ4v) is 1.98. The van der Waals surface area contributed by atoms with Crippen molar-refractivity contribution in [3.8, 4) is 0 Å². The molecule has 0 amide bonds. The zero-order valence-electron chi connectivity index (χ0n) is 10.1. The largest absolute Gasteiger partial charge is 0.0628 e. The second kappa shape index (κ2) is 6.66. The predicted octanol–water partition coefficient (Wildman–Crippen LogP) is 4.82. The molecule has 0 bridgehead atoms. The van der Waals surface area contributed by atoms with E-state index in [9.17, 15) is 0 Å². The second-order valence-corrected chi connectivity index (χ2v) is 4.72. The summed E-state index contributed by atoms with van der Waals surface area (Å²) in [6, 6.07) is 10.9. The average Bonchev–Trinajstić information content (AvgIpc) is 2.25. The molecule has 0 heterocycles. The van der Waals surface area contributed by atoms with Crippen LogP contribution in [0.4, 0.5) is 0 Å². The van der Waals surface area contributed by atoms with E-state index in [2.05, 4.69) is 51.1 Å². The fraction of sp³-hybridized carbons (Fsp3) is 0.533. The van der Waals surface area contributed by atoms with Gasteiger partial charge < -0.3 is 0 Å². The molecule has 83 valence electrons. The van der Waals surface area contributed by atoms with Crippen LogP contribution >= 0.6 is 0 Å². The smallest absolute Gasteiger partial charge is 0.0162 e. The maximum absolute atomic E-state index is 3.98. The highest BCUT2D eigenvalue weighted by Gasteiger charge is 2.10. The molecule has 1 aromatic carbocycles. The Morgan fingerprint density at radius 3 is 2.20 bits per heavy atom. The van der Waals surface area contributed by atoms with Crippen LogP contribution in [0.2, 0.25) is 0 Å². The molecule has 0 aliphatic heterocycles. The van der Waals surface area contributed by atoms with Crippen LogP contribution in [0.1, 0.15) is 51.0 Å². The Morgan fingerprint density at radius 1 is 1.00 bits per heavy atom. The highest BCUT2D eigenvalue weighted by Crippen LogP contribution is 2.27. The molecule has 0 saturated carbocycles. The topological polar surface area (TPSA) is 0 Å². The van der Waals surface area contributed by atoms with E-state index < -0.39 is 0 Å². The van der Waals surface area contributed by atoms with E-state index in [1.54, 1.807) is 0 Å². The Morgan fingerprint density at radius 2 is 1.67 bits per heavy atom. The highest BCUT2D eigenvalue weighted by molar-refractivity contribution is 5.19. The van der Waals surface area contributed by atoms with Gasteiger partial charge in [-0.15, -0.1) is 0 Å². The fourth-order valence-electron chi connectivity index (χ4n) is 1.98. The van der Waals surface area contributed by atoms with Gasteiger partial charge in [0.25, 0.3) is 0 Å². The lowest BCUT2D eigenvalue weighted by molar-refractivity contribution is 0.483. The predicted molar refractivity (Wildman–Crippen MR) is 67.8 cm³/mol. The summed E-state index contributed by atoms with van der Waals surface area (Å²) in [7, 11) is 0. The van der Waals surface area contributed by atoms with Crippen LogP contribution < -0.4 is 0 Å². The summed E-state index contributed by atoms with van der Waals surface area (Å²) >= 11 is 0. The van der Waals surface area contributed by atoms with E-state index in [1.165, 1.54) is 24.8 Å². The van der Waals surface area contributed by atoms with Crippen LogP contribution in [-0.4, -0.2) is 0 Å². The Hall–Kier alpha value is -0.780. The number of benzene rings is 1. The molecule has 0 aromatic heterocycles. The number of rotatable bonds is 6. The summed E-state index contributed by atoms with van der Waals surface area (Å²) in [5.74, 6) is 1.52. The van der Waals surface area contributed by atoms with Crippen molar-refractivity contribution >= 4 is 0 Å². The zero-order valence-corrected chi connectivity index (χ0v) is 10.1. The van der Waals surface area contributed by atoms with E-state index in [0.29, 0.717) is 5.92 Å². The lowest BCUT2D eigenvalue weighted by Crippen LogP contribution is -2.00. The maximum atomic E-state index is 3.98. The third kappa shape index (κ3) is 4.51. The molecule has 15 heavy (non-hydrogen) atoms. The van der Waals surface area contributed by atoms with Crippen LogP contribution in [0.5, 0.6) is 0 Å². The molecule has 0 fully saturated rings. The Bertz CT molecular complexity index is 248. The van der Waals surface area contributed by atoms with Crippen LogP contribution in [0.3, 0.4) is 0 Å². The summed E-state index contributed by atoms with van der Waals surface area (Å²) in [4.78, 5) is 0. The second-order valence-electron chi connectivity index (χ2n) is 4.72. The Kier molecular flexibility index (Phi) is 5.45. The van der Waals surface area contributed by atoms with Crippen molar-refractivity contribution in [3.63, 3.8) is 0 Å². The molecule has 1 aromatic rings. The first kappa shape index (κ1) is 12.3. The summed E-state index contributed by atoms with van der Waals surface area (Å²) in [5, 5.41) is 0. The van der Waals surface area contributed by atoms with E-state index in [4.69, 9.17) is 0 Å². The molecule has 1 atom stereocenters.